The topological polar surface area (TPSA) is 53.7 Å². The third-order valence-electron chi connectivity index (χ3n) is 4.48. The van der Waals surface area contributed by atoms with Gasteiger partial charge in [0, 0.05) is 10.6 Å². The number of benzene rings is 2. The summed E-state index contributed by atoms with van der Waals surface area (Å²) in [5, 5.41) is 11.2. The van der Waals surface area contributed by atoms with Crippen molar-refractivity contribution >= 4 is 23.1 Å². The fraction of sp³-hybridized carbons (Fsp3) is 0.0952. The van der Waals surface area contributed by atoms with Gasteiger partial charge in [0.2, 0.25) is 0 Å². The molecule has 1 aromatic heterocycles. The molecule has 0 spiro atoms. The van der Waals surface area contributed by atoms with Crippen molar-refractivity contribution in [3.8, 4) is 0 Å². The van der Waals surface area contributed by atoms with Gasteiger partial charge in [-0.25, -0.2) is 0 Å². The summed E-state index contributed by atoms with van der Waals surface area (Å²) in [6.45, 7) is 0.263. The van der Waals surface area contributed by atoms with Gasteiger partial charge in [-0.3, -0.25) is 4.79 Å². The molecule has 0 saturated heterocycles. The summed E-state index contributed by atoms with van der Waals surface area (Å²) < 4.78 is 5.41. The third kappa shape index (κ3) is 2.89. The first kappa shape index (κ1) is 16.5. The number of hydrogen-bond acceptors (Lipinski definition) is 3. The fourth-order valence-electron chi connectivity index (χ4n) is 3.29. The van der Waals surface area contributed by atoms with Crippen LogP contribution >= 0.6 is 11.6 Å². The van der Waals surface area contributed by atoms with Gasteiger partial charge in [-0.2, -0.15) is 0 Å². The SMILES string of the molecule is O=C1C(O)=C(c2ccccc2)[C@@H](c2ccc(Cl)cc2)N1Cc1ccco1. The lowest BCUT2D eigenvalue weighted by atomic mass is 9.93. The molecule has 4 nitrogen and oxygen atoms in total. The van der Waals surface area contributed by atoms with Gasteiger partial charge >= 0.3 is 0 Å². The predicted molar refractivity (Wildman–Crippen MR) is 99.4 cm³/mol. The maximum Gasteiger partial charge on any atom is 0.290 e. The first-order valence-corrected chi connectivity index (χ1v) is 8.60. The molecule has 0 aliphatic carbocycles. The van der Waals surface area contributed by atoms with Gasteiger partial charge < -0.3 is 14.4 Å². The van der Waals surface area contributed by atoms with Gasteiger partial charge in [0.15, 0.2) is 5.76 Å². The molecule has 0 bridgehead atoms. The second-order valence-corrected chi connectivity index (χ2v) is 6.53. The Labute approximate surface area is 155 Å². The van der Waals surface area contributed by atoms with Crippen molar-refractivity contribution in [2.45, 2.75) is 12.6 Å². The van der Waals surface area contributed by atoms with Crippen molar-refractivity contribution in [2.24, 2.45) is 0 Å². The Balaban J connectivity index is 1.82. The number of aliphatic hydroxyl groups is 1. The Kier molecular flexibility index (Phi) is 4.27. The van der Waals surface area contributed by atoms with E-state index in [1.54, 1.807) is 29.4 Å². The van der Waals surface area contributed by atoms with Crippen LogP contribution in [0.2, 0.25) is 5.02 Å². The van der Waals surface area contributed by atoms with Gasteiger partial charge in [-0.1, -0.05) is 54.1 Å². The normalized spacial score (nSPS) is 17.2. The second-order valence-electron chi connectivity index (χ2n) is 6.09. The molecule has 0 fully saturated rings. The molecular weight excluding hydrogens is 350 g/mol. The van der Waals surface area contributed by atoms with Crippen molar-refractivity contribution in [1.82, 2.24) is 4.90 Å². The van der Waals surface area contributed by atoms with E-state index in [9.17, 15) is 9.90 Å². The van der Waals surface area contributed by atoms with E-state index < -0.39 is 11.9 Å². The van der Waals surface area contributed by atoms with Crippen LogP contribution in [0.3, 0.4) is 0 Å². The molecule has 4 rings (SSSR count). The minimum Gasteiger partial charge on any atom is -0.503 e. The van der Waals surface area contributed by atoms with Crippen molar-refractivity contribution in [3.63, 3.8) is 0 Å². The average molecular weight is 366 g/mol. The highest BCUT2D eigenvalue weighted by Gasteiger charge is 2.41. The van der Waals surface area contributed by atoms with E-state index in [1.165, 1.54) is 0 Å². The molecule has 2 heterocycles. The summed E-state index contributed by atoms with van der Waals surface area (Å²) in [6, 6.07) is 19.9. The van der Waals surface area contributed by atoms with Crippen molar-refractivity contribution in [3.05, 3.63) is 101 Å². The van der Waals surface area contributed by atoms with E-state index in [4.69, 9.17) is 16.0 Å². The number of hydrogen-bond donors (Lipinski definition) is 1. The highest BCUT2D eigenvalue weighted by atomic mass is 35.5. The summed E-state index contributed by atoms with van der Waals surface area (Å²) in [6.07, 6.45) is 1.57. The number of carbonyl (C=O) groups excluding carboxylic acids is 1. The van der Waals surface area contributed by atoms with Gasteiger partial charge in [0.05, 0.1) is 18.8 Å². The standard InChI is InChI=1S/C21H16ClNO3/c22-16-10-8-15(9-11-16)19-18(14-5-2-1-3-6-14)20(24)21(25)23(19)13-17-7-4-12-26-17/h1-12,19,24H,13H2/t19-/m1/s1. The number of carbonyl (C=O) groups is 1. The van der Waals surface area contributed by atoms with Crippen LogP contribution in [0.15, 0.2) is 83.2 Å². The Morgan fingerprint density at radius 2 is 1.73 bits per heavy atom. The largest absolute Gasteiger partial charge is 0.503 e. The molecule has 130 valence electrons. The third-order valence-corrected chi connectivity index (χ3v) is 4.73. The molecule has 0 radical (unpaired) electrons. The second kappa shape index (κ2) is 6.73. The van der Waals surface area contributed by atoms with Gasteiger partial charge in [-0.05, 0) is 35.4 Å². The number of furan rings is 1. The first-order chi connectivity index (χ1) is 12.6. The van der Waals surface area contributed by atoms with Crippen LogP contribution in [0, 0.1) is 0 Å². The zero-order valence-electron chi connectivity index (χ0n) is 13.8. The monoisotopic (exact) mass is 365 g/mol. The highest BCUT2D eigenvalue weighted by Crippen LogP contribution is 2.43. The molecule has 26 heavy (non-hydrogen) atoms. The summed E-state index contributed by atoms with van der Waals surface area (Å²) in [5.41, 5.74) is 2.27. The number of halogens is 1. The molecule has 1 N–H and O–H groups in total. The average Bonchev–Trinajstić information content (AvgIpc) is 3.26. The summed E-state index contributed by atoms with van der Waals surface area (Å²) in [5.74, 6) is 0.00216. The molecule has 5 heteroatoms. The molecule has 2 aromatic carbocycles. The lowest BCUT2D eigenvalue weighted by Gasteiger charge is -2.26. The van der Waals surface area contributed by atoms with Crippen LogP contribution < -0.4 is 0 Å². The zero-order chi connectivity index (χ0) is 18.1. The predicted octanol–water partition coefficient (Wildman–Crippen LogP) is 4.99. The number of nitrogens with zero attached hydrogens (tertiary/aromatic N) is 1. The molecule has 1 atom stereocenters. The van der Waals surface area contributed by atoms with E-state index >= 15 is 0 Å². The molecule has 1 amide bonds. The molecule has 3 aromatic rings. The zero-order valence-corrected chi connectivity index (χ0v) is 14.6. The Hall–Kier alpha value is -2.98. The Bertz CT molecular complexity index is 947. The Morgan fingerprint density at radius 3 is 2.38 bits per heavy atom. The van der Waals surface area contributed by atoms with Crippen molar-refractivity contribution in [1.29, 1.82) is 0 Å². The summed E-state index contributed by atoms with van der Waals surface area (Å²) in [7, 11) is 0. The minimum absolute atomic E-state index is 0.234. The molecular formula is C21H16ClNO3. The van der Waals surface area contributed by atoms with Gasteiger partial charge in [-0.15, -0.1) is 0 Å². The highest BCUT2D eigenvalue weighted by molar-refractivity contribution is 6.30. The fourth-order valence-corrected chi connectivity index (χ4v) is 3.42. The lowest BCUT2D eigenvalue weighted by molar-refractivity contribution is -0.130. The molecule has 1 aliphatic heterocycles. The molecule has 1 aliphatic rings. The van der Waals surface area contributed by atoms with Crippen LogP contribution in [0.1, 0.15) is 22.9 Å². The van der Waals surface area contributed by atoms with Gasteiger partial charge in [0.25, 0.3) is 5.91 Å². The van der Waals surface area contributed by atoms with E-state index in [1.807, 2.05) is 48.5 Å². The van der Waals surface area contributed by atoms with Crippen LogP contribution in [0.4, 0.5) is 0 Å². The lowest BCUT2D eigenvalue weighted by Crippen LogP contribution is -2.29. The summed E-state index contributed by atoms with van der Waals surface area (Å²) in [4.78, 5) is 14.4. The summed E-state index contributed by atoms with van der Waals surface area (Å²) >= 11 is 6.02. The van der Waals surface area contributed by atoms with E-state index in [-0.39, 0.29) is 12.3 Å². The van der Waals surface area contributed by atoms with Crippen molar-refractivity contribution in [2.75, 3.05) is 0 Å². The number of aliphatic hydroxyl groups excluding tert-OH is 1. The minimum atomic E-state index is -0.424. The van der Waals surface area contributed by atoms with Crippen LogP contribution in [0.25, 0.3) is 5.57 Å². The van der Waals surface area contributed by atoms with Crippen LogP contribution in [0.5, 0.6) is 0 Å². The maximum atomic E-state index is 12.8. The Morgan fingerprint density at radius 1 is 1.00 bits per heavy atom. The maximum absolute atomic E-state index is 12.8. The quantitative estimate of drug-likeness (QED) is 0.709. The first-order valence-electron chi connectivity index (χ1n) is 8.22. The number of rotatable bonds is 4. The molecule has 0 unspecified atom stereocenters. The smallest absolute Gasteiger partial charge is 0.290 e. The van der Waals surface area contributed by atoms with E-state index in [0.29, 0.717) is 16.4 Å². The van der Waals surface area contributed by atoms with Crippen molar-refractivity contribution < 1.29 is 14.3 Å². The van der Waals surface area contributed by atoms with E-state index in [2.05, 4.69) is 0 Å². The van der Waals surface area contributed by atoms with Gasteiger partial charge in [0.1, 0.15) is 5.76 Å². The number of amides is 1. The van der Waals surface area contributed by atoms with Crippen LogP contribution in [-0.2, 0) is 11.3 Å². The molecule has 0 saturated carbocycles. The van der Waals surface area contributed by atoms with E-state index in [0.717, 1.165) is 11.1 Å². The van der Waals surface area contributed by atoms with Crippen LogP contribution in [-0.4, -0.2) is 15.9 Å².